The van der Waals surface area contributed by atoms with Gasteiger partial charge in [0, 0.05) is 45.1 Å². The van der Waals surface area contributed by atoms with Crippen molar-refractivity contribution in [2.45, 2.75) is 13.3 Å². The van der Waals surface area contributed by atoms with Crippen LogP contribution < -0.4 is 0 Å². The molecule has 0 amide bonds. The molecule has 0 radical (unpaired) electrons. The number of aromatic nitrogens is 6. The molecule has 4 aromatic heterocycles. The molecule has 0 saturated heterocycles. The molecule has 0 aliphatic heterocycles. The number of hydrogen-bond donors (Lipinski definition) is 0. The van der Waals surface area contributed by atoms with Crippen molar-refractivity contribution in [2.75, 3.05) is 0 Å². The maximum absolute atomic E-state index is 5.32. The lowest BCUT2D eigenvalue weighted by Crippen LogP contribution is -1.99. The molecule has 7 aromatic carbocycles. The second-order valence-corrected chi connectivity index (χ2v) is 15.1. The molecule has 6 nitrogen and oxygen atoms in total. The molecule has 0 N–H and O–H groups in total. The van der Waals surface area contributed by atoms with Gasteiger partial charge < -0.3 is 0 Å². The highest BCUT2D eigenvalue weighted by Crippen LogP contribution is 2.39. The number of nitrogens with zero attached hydrogens (tertiary/aromatic N) is 6. The number of pyridine rings is 2. The fraction of sp³-hybridized carbons (Fsp3) is 0.0364. The molecule has 0 aliphatic carbocycles. The van der Waals surface area contributed by atoms with Gasteiger partial charge in [0.1, 0.15) is 11.5 Å². The quantitative estimate of drug-likeness (QED) is 0.144. The first-order valence-corrected chi connectivity index (χ1v) is 20.7. The average molecular weight is 783 g/mol. The molecule has 0 fully saturated rings. The molecule has 4 heterocycles. The number of aryl methyl sites for hydroxylation is 1. The maximum Gasteiger partial charge on any atom is 0.179 e. The van der Waals surface area contributed by atoms with Crippen LogP contribution in [0, 0.1) is 0 Å². The largest absolute Gasteiger partial charge is 0.296 e. The Morgan fingerprint density at radius 3 is 1.66 bits per heavy atom. The van der Waals surface area contributed by atoms with Crippen molar-refractivity contribution in [3.63, 3.8) is 0 Å². The molecule has 0 bridgehead atoms. The molecule has 0 atom stereocenters. The van der Waals surface area contributed by atoms with Crippen LogP contribution in [0.2, 0.25) is 0 Å². The molecule has 0 spiro atoms. The van der Waals surface area contributed by atoms with Gasteiger partial charge in [0.25, 0.3) is 0 Å². The molecular weight excluding hydrogens is 745 g/mol. The number of hydrogen-bond acceptors (Lipinski definition) is 5. The predicted octanol–water partition coefficient (Wildman–Crippen LogP) is 13.5. The summed E-state index contributed by atoms with van der Waals surface area (Å²) in [7, 11) is 0. The topological polar surface area (TPSA) is 69.4 Å². The Morgan fingerprint density at radius 1 is 0.393 bits per heavy atom. The van der Waals surface area contributed by atoms with Crippen molar-refractivity contribution in [3.05, 3.63) is 206 Å². The van der Waals surface area contributed by atoms with E-state index in [0.29, 0.717) is 11.5 Å². The number of para-hydroxylation sites is 2. The second kappa shape index (κ2) is 15.3. The summed E-state index contributed by atoms with van der Waals surface area (Å²) in [6, 6.07) is 69.2. The zero-order valence-electron chi connectivity index (χ0n) is 33.4. The van der Waals surface area contributed by atoms with E-state index in [4.69, 9.17) is 24.9 Å². The minimum absolute atomic E-state index is 0.569. The third-order valence-corrected chi connectivity index (χ3v) is 11.4. The summed E-state index contributed by atoms with van der Waals surface area (Å²) in [4.78, 5) is 26.0. The van der Waals surface area contributed by atoms with E-state index in [1.807, 2.05) is 54.6 Å². The Morgan fingerprint density at radius 2 is 0.951 bits per heavy atom. The number of rotatable bonds is 8. The van der Waals surface area contributed by atoms with Gasteiger partial charge in [-0.05, 0) is 59.0 Å². The van der Waals surface area contributed by atoms with Crippen LogP contribution in [0.25, 0.3) is 106 Å². The van der Waals surface area contributed by atoms with E-state index in [2.05, 4.69) is 157 Å². The Hall–Kier alpha value is -8.09. The Labute approximate surface area is 353 Å². The van der Waals surface area contributed by atoms with E-state index in [0.717, 1.165) is 101 Å². The van der Waals surface area contributed by atoms with E-state index in [9.17, 15) is 0 Å². The highest BCUT2D eigenvalue weighted by molar-refractivity contribution is 6.20. The first-order valence-electron chi connectivity index (χ1n) is 20.7. The fourth-order valence-electron chi connectivity index (χ4n) is 8.39. The van der Waals surface area contributed by atoms with Crippen LogP contribution in [-0.4, -0.2) is 29.5 Å². The van der Waals surface area contributed by atoms with Crippen LogP contribution in [0.5, 0.6) is 0 Å². The molecule has 11 aromatic rings. The average Bonchev–Trinajstić information content (AvgIpc) is 3.74. The Bertz CT molecular complexity index is 3360. The van der Waals surface area contributed by atoms with Crippen molar-refractivity contribution >= 4 is 32.7 Å². The summed E-state index contributed by atoms with van der Waals surface area (Å²) in [5, 5.41) is 3.30. The number of imidazole rings is 1. The third-order valence-electron chi connectivity index (χ3n) is 11.4. The third kappa shape index (κ3) is 6.61. The summed E-state index contributed by atoms with van der Waals surface area (Å²) in [5.74, 6) is 1.58. The molecule has 6 heteroatoms. The lowest BCUT2D eigenvalue weighted by molar-refractivity contribution is 0.908. The minimum atomic E-state index is 0.569. The van der Waals surface area contributed by atoms with E-state index < -0.39 is 0 Å². The lowest BCUT2D eigenvalue weighted by Gasteiger charge is -2.13. The van der Waals surface area contributed by atoms with Crippen molar-refractivity contribution in [2.24, 2.45) is 0 Å². The minimum Gasteiger partial charge on any atom is -0.296 e. The summed E-state index contributed by atoms with van der Waals surface area (Å²) < 4.78 is 2.28. The van der Waals surface area contributed by atoms with Gasteiger partial charge in [-0.15, -0.1) is 0 Å². The van der Waals surface area contributed by atoms with Crippen LogP contribution in [0.1, 0.15) is 12.7 Å². The van der Waals surface area contributed by atoms with Crippen molar-refractivity contribution < 1.29 is 0 Å². The predicted molar refractivity (Wildman–Crippen MR) is 249 cm³/mol. The molecular formula is C55H38N6. The van der Waals surface area contributed by atoms with Gasteiger partial charge in [0.15, 0.2) is 5.82 Å². The fourth-order valence-corrected chi connectivity index (χ4v) is 8.39. The SMILES string of the molecule is CCc1nc2c3c(-c4ccc(-c5cccc(-c6nc(-c7ccccc7)cc(-c7ccc(-c8ccccc8)cc7)n6)n5)cc4)nc4ccccc4c3ccc2n1-c1ccccc1. The van der Waals surface area contributed by atoms with E-state index in [1.165, 1.54) is 5.56 Å². The normalized spacial score (nSPS) is 11.4. The van der Waals surface area contributed by atoms with Gasteiger partial charge in [0.05, 0.1) is 39.3 Å². The molecule has 288 valence electrons. The number of fused-ring (bicyclic) bond motifs is 5. The van der Waals surface area contributed by atoms with Gasteiger partial charge in [-0.3, -0.25) is 4.57 Å². The summed E-state index contributed by atoms with van der Waals surface area (Å²) >= 11 is 0. The van der Waals surface area contributed by atoms with E-state index >= 15 is 0 Å². The highest BCUT2D eigenvalue weighted by atomic mass is 15.1. The zero-order valence-corrected chi connectivity index (χ0v) is 33.4. The summed E-state index contributed by atoms with van der Waals surface area (Å²) in [6.07, 6.45) is 0.799. The molecule has 11 rings (SSSR count). The first kappa shape index (κ1) is 36.0. The van der Waals surface area contributed by atoms with Gasteiger partial charge in [-0.25, -0.2) is 24.9 Å². The van der Waals surface area contributed by atoms with Crippen LogP contribution in [-0.2, 0) is 6.42 Å². The van der Waals surface area contributed by atoms with Crippen LogP contribution >= 0.6 is 0 Å². The van der Waals surface area contributed by atoms with Gasteiger partial charge in [-0.2, -0.15) is 0 Å². The summed E-state index contributed by atoms with van der Waals surface area (Å²) in [6.45, 7) is 2.16. The van der Waals surface area contributed by atoms with Crippen LogP contribution in [0.3, 0.4) is 0 Å². The monoisotopic (exact) mass is 782 g/mol. The molecule has 61 heavy (non-hydrogen) atoms. The summed E-state index contributed by atoms with van der Waals surface area (Å²) in [5.41, 5.74) is 14.5. The van der Waals surface area contributed by atoms with E-state index in [-0.39, 0.29) is 0 Å². The van der Waals surface area contributed by atoms with Crippen molar-refractivity contribution in [1.82, 2.24) is 29.5 Å². The molecule has 0 aliphatic rings. The highest BCUT2D eigenvalue weighted by Gasteiger charge is 2.20. The van der Waals surface area contributed by atoms with Gasteiger partial charge >= 0.3 is 0 Å². The van der Waals surface area contributed by atoms with Gasteiger partial charge in [0.2, 0.25) is 0 Å². The van der Waals surface area contributed by atoms with Crippen molar-refractivity contribution in [1.29, 1.82) is 0 Å². The van der Waals surface area contributed by atoms with E-state index in [1.54, 1.807) is 0 Å². The maximum atomic E-state index is 5.32. The number of benzene rings is 7. The first-order chi connectivity index (χ1) is 30.2. The van der Waals surface area contributed by atoms with Crippen LogP contribution in [0.4, 0.5) is 0 Å². The zero-order chi connectivity index (χ0) is 40.7. The Balaban J connectivity index is 0.995. The van der Waals surface area contributed by atoms with Crippen LogP contribution in [0.15, 0.2) is 200 Å². The lowest BCUT2D eigenvalue weighted by atomic mass is 9.97. The van der Waals surface area contributed by atoms with Crippen molar-refractivity contribution in [3.8, 4) is 73.4 Å². The van der Waals surface area contributed by atoms with Gasteiger partial charge in [-0.1, -0.05) is 165 Å². The Kier molecular flexibility index (Phi) is 9.01. The smallest absolute Gasteiger partial charge is 0.179 e. The second-order valence-electron chi connectivity index (χ2n) is 15.1. The molecule has 0 saturated carbocycles. The molecule has 0 unspecified atom stereocenters. The standard InChI is InChI=1S/C55H38N6/c1-2-51-60-54-50(61(51)42-19-10-5-11-20-42)34-33-44-43-21-12-13-22-46(43)57-53(52(44)54)41-31-29-39(30-32-41)45-23-14-24-47(56-45)55-58-48(38-17-8-4-9-18-38)35-49(59-55)40-27-25-37(26-28-40)36-15-6-3-7-16-36/h3-35H,2H2,1H3.